The van der Waals surface area contributed by atoms with Crippen LogP contribution in [0.4, 0.5) is 5.69 Å². The van der Waals surface area contributed by atoms with Crippen LogP contribution in [0, 0.1) is 10.1 Å². The summed E-state index contributed by atoms with van der Waals surface area (Å²) in [5.74, 6) is -1.28. The van der Waals surface area contributed by atoms with Crippen molar-refractivity contribution in [3.8, 4) is 0 Å². The van der Waals surface area contributed by atoms with Crippen molar-refractivity contribution >= 4 is 23.5 Å². The molecular formula is C18H15NO5. The van der Waals surface area contributed by atoms with Gasteiger partial charge in [-0.1, -0.05) is 30.3 Å². The Balaban J connectivity index is 2.39. The van der Waals surface area contributed by atoms with Gasteiger partial charge in [0.25, 0.3) is 5.69 Å². The van der Waals surface area contributed by atoms with Gasteiger partial charge in [0.05, 0.1) is 11.5 Å². The van der Waals surface area contributed by atoms with Crippen molar-refractivity contribution in [3.63, 3.8) is 0 Å². The third kappa shape index (κ3) is 4.13. The number of nitro benzene ring substituents is 1. The lowest BCUT2D eigenvalue weighted by atomic mass is 10.0. The van der Waals surface area contributed by atoms with Gasteiger partial charge in [0, 0.05) is 17.7 Å². The number of esters is 1. The van der Waals surface area contributed by atoms with Crippen LogP contribution in [0.15, 0.2) is 60.2 Å². The Morgan fingerprint density at radius 1 is 1.08 bits per heavy atom. The third-order valence-corrected chi connectivity index (χ3v) is 3.19. The number of nitro groups is 1. The van der Waals surface area contributed by atoms with E-state index in [1.807, 2.05) is 6.07 Å². The van der Waals surface area contributed by atoms with Crippen molar-refractivity contribution < 1.29 is 19.2 Å². The maximum Gasteiger partial charge on any atom is 0.342 e. The molecule has 0 aliphatic carbocycles. The lowest BCUT2D eigenvalue weighted by Crippen LogP contribution is -2.16. The summed E-state index contributed by atoms with van der Waals surface area (Å²) in [5, 5.41) is 10.7. The first-order chi connectivity index (χ1) is 11.5. The molecule has 0 bridgehead atoms. The highest BCUT2D eigenvalue weighted by Gasteiger charge is 2.21. The highest BCUT2D eigenvalue weighted by molar-refractivity contribution is 6.26. The Kier molecular flexibility index (Phi) is 5.57. The summed E-state index contributed by atoms with van der Waals surface area (Å²) in [7, 11) is 0. The number of carbonyl (C=O) groups excluding carboxylic acids is 2. The Morgan fingerprint density at radius 3 is 2.25 bits per heavy atom. The molecule has 0 aliphatic heterocycles. The summed E-state index contributed by atoms with van der Waals surface area (Å²) in [4.78, 5) is 34.9. The summed E-state index contributed by atoms with van der Waals surface area (Å²) >= 11 is 0. The third-order valence-electron chi connectivity index (χ3n) is 3.19. The highest BCUT2D eigenvalue weighted by Crippen LogP contribution is 2.18. The largest absolute Gasteiger partial charge is 0.462 e. The van der Waals surface area contributed by atoms with E-state index in [2.05, 4.69) is 0 Å². The van der Waals surface area contributed by atoms with Gasteiger partial charge in [-0.3, -0.25) is 14.9 Å². The lowest BCUT2D eigenvalue weighted by Gasteiger charge is -2.07. The number of benzene rings is 2. The first-order valence-corrected chi connectivity index (χ1v) is 7.26. The van der Waals surface area contributed by atoms with Crippen LogP contribution < -0.4 is 0 Å². The Bertz CT molecular complexity index is 779. The van der Waals surface area contributed by atoms with Crippen LogP contribution in [0.2, 0.25) is 0 Å². The van der Waals surface area contributed by atoms with Crippen LogP contribution in [0.5, 0.6) is 0 Å². The van der Waals surface area contributed by atoms with Gasteiger partial charge >= 0.3 is 5.97 Å². The van der Waals surface area contributed by atoms with Gasteiger partial charge in [0.1, 0.15) is 5.57 Å². The maximum absolute atomic E-state index is 12.6. The van der Waals surface area contributed by atoms with Crippen LogP contribution in [0.25, 0.3) is 6.08 Å². The number of non-ortho nitro benzene ring substituents is 1. The number of hydrogen-bond acceptors (Lipinski definition) is 5. The van der Waals surface area contributed by atoms with Crippen molar-refractivity contribution in [1.29, 1.82) is 0 Å². The summed E-state index contributed by atoms with van der Waals surface area (Å²) < 4.78 is 4.94. The Labute approximate surface area is 138 Å². The second-order valence-electron chi connectivity index (χ2n) is 4.82. The molecule has 122 valence electrons. The van der Waals surface area contributed by atoms with Gasteiger partial charge in [0.15, 0.2) is 5.78 Å². The van der Waals surface area contributed by atoms with Crippen molar-refractivity contribution in [2.24, 2.45) is 0 Å². The molecule has 2 aromatic carbocycles. The molecule has 0 saturated carbocycles. The molecule has 2 rings (SSSR count). The van der Waals surface area contributed by atoms with E-state index in [1.165, 1.54) is 30.3 Å². The second-order valence-corrected chi connectivity index (χ2v) is 4.82. The molecule has 0 aromatic heterocycles. The minimum absolute atomic E-state index is 0.128. The van der Waals surface area contributed by atoms with Crippen molar-refractivity contribution in [1.82, 2.24) is 0 Å². The molecule has 0 spiro atoms. The van der Waals surface area contributed by atoms with Crippen LogP contribution in [-0.4, -0.2) is 23.3 Å². The maximum atomic E-state index is 12.6. The molecule has 0 aliphatic rings. The number of hydrogen-bond donors (Lipinski definition) is 0. The fourth-order valence-electron chi connectivity index (χ4n) is 2.03. The van der Waals surface area contributed by atoms with E-state index in [0.717, 1.165) is 0 Å². The first-order valence-electron chi connectivity index (χ1n) is 7.26. The summed E-state index contributed by atoms with van der Waals surface area (Å²) in [6.45, 7) is 1.78. The number of nitrogens with zero attached hydrogens (tertiary/aromatic N) is 1. The first kappa shape index (κ1) is 17.1. The van der Waals surface area contributed by atoms with Gasteiger partial charge in [-0.25, -0.2) is 4.79 Å². The smallest absolute Gasteiger partial charge is 0.342 e. The second kappa shape index (κ2) is 7.82. The van der Waals surface area contributed by atoms with E-state index in [1.54, 1.807) is 31.2 Å². The van der Waals surface area contributed by atoms with Crippen LogP contribution in [-0.2, 0) is 9.53 Å². The normalized spacial score (nSPS) is 11.0. The van der Waals surface area contributed by atoms with E-state index >= 15 is 0 Å². The molecule has 0 unspecified atom stereocenters. The molecule has 6 nitrogen and oxygen atoms in total. The molecule has 0 N–H and O–H groups in total. The zero-order chi connectivity index (χ0) is 17.5. The molecule has 0 saturated heterocycles. The van der Waals surface area contributed by atoms with Gasteiger partial charge < -0.3 is 4.74 Å². The average Bonchev–Trinajstić information content (AvgIpc) is 2.60. The molecule has 0 fully saturated rings. The molecule has 6 heteroatoms. The number of ether oxygens (including phenoxy) is 1. The van der Waals surface area contributed by atoms with E-state index in [-0.39, 0.29) is 23.4 Å². The molecule has 0 amide bonds. The van der Waals surface area contributed by atoms with Gasteiger partial charge in [-0.15, -0.1) is 0 Å². The number of rotatable bonds is 6. The van der Waals surface area contributed by atoms with Crippen LogP contribution >= 0.6 is 0 Å². The van der Waals surface area contributed by atoms with Gasteiger partial charge in [-0.2, -0.15) is 0 Å². The lowest BCUT2D eigenvalue weighted by molar-refractivity contribution is -0.384. The van der Waals surface area contributed by atoms with Crippen molar-refractivity contribution in [3.05, 3.63) is 81.4 Å². The van der Waals surface area contributed by atoms with E-state index in [9.17, 15) is 19.7 Å². The summed E-state index contributed by atoms with van der Waals surface area (Å²) in [6, 6.07) is 14.0. The van der Waals surface area contributed by atoms with Crippen molar-refractivity contribution in [2.75, 3.05) is 6.61 Å². The van der Waals surface area contributed by atoms with Gasteiger partial charge in [-0.05, 0) is 30.7 Å². The van der Waals surface area contributed by atoms with Crippen LogP contribution in [0.1, 0.15) is 22.8 Å². The topological polar surface area (TPSA) is 86.5 Å². The zero-order valence-corrected chi connectivity index (χ0v) is 13.0. The minimum Gasteiger partial charge on any atom is -0.462 e. The summed E-state index contributed by atoms with van der Waals surface area (Å²) in [5.41, 5.74) is 0.597. The molecule has 0 radical (unpaired) electrons. The number of ketones is 1. The Morgan fingerprint density at radius 2 is 1.71 bits per heavy atom. The fraction of sp³-hybridized carbons (Fsp3) is 0.111. The van der Waals surface area contributed by atoms with Crippen molar-refractivity contribution in [2.45, 2.75) is 6.92 Å². The van der Waals surface area contributed by atoms with Crippen LogP contribution in [0.3, 0.4) is 0 Å². The molecule has 0 heterocycles. The quantitative estimate of drug-likeness (QED) is 0.154. The average molecular weight is 325 g/mol. The predicted octanol–water partition coefficient (Wildman–Crippen LogP) is 3.42. The number of Topliss-reactive ketones (excluding diaryl/α,β-unsaturated/α-hetero) is 1. The highest BCUT2D eigenvalue weighted by atomic mass is 16.6. The SMILES string of the molecule is CCOC(=O)/C(=C\c1ccccc1)C(=O)c1ccc([N+](=O)[O-])cc1. The molecule has 24 heavy (non-hydrogen) atoms. The monoisotopic (exact) mass is 325 g/mol. The van der Waals surface area contributed by atoms with E-state index < -0.39 is 16.7 Å². The van der Waals surface area contributed by atoms with E-state index in [4.69, 9.17) is 4.74 Å². The Hall–Kier alpha value is -3.28. The molecule has 0 atom stereocenters. The summed E-state index contributed by atoms with van der Waals surface area (Å²) in [6.07, 6.45) is 1.45. The standard InChI is InChI=1S/C18H15NO5/c1-2-24-18(21)16(12-13-6-4-3-5-7-13)17(20)14-8-10-15(11-9-14)19(22)23/h3-12H,2H2,1H3/b16-12-. The predicted molar refractivity (Wildman–Crippen MR) is 88.5 cm³/mol. The number of carbonyl (C=O) groups is 2. The zero-order valence-electron chi connectivity index (χ0n) is 13.0. The minimum atomic E-state index is -0.732. The van der Waals surface area contributed by atoms with E-state index in [0.29, 0.717) is 5.56 Å². The van der Waals surface area contributed by atoms with Gasteiger partial charge in [0.2, 0.25) is 0 Å². The molecule has 2 aromatic rings. The molecular weight excluding hydrogens is 310 g/mol. The fourth-order valence-corrected chi connectivity index (χ4v) is 2.03.